The van der Waals surface area contributed by atoms with Crippen LogP contribution in [0.2, 0.25) is 0 Å². The molecule has 0 aliphatic carbocycles. The Balaban J connectivity index is 1.47. The van der Waals surface area contributed by atoms with Crippen molar-refractivity contribution in [2.24, 2.45) is 0 Å². The number of fused-ring (bicyclic) bond motifs is 4. The summed E-state index contributed by atoms with van der Waals surface area (Å²) in [5, 5.41) is 14.8. The zero-order chi connectivity index (χ0) is 24.7. The van der Waals surface area contributed by atoms with Crippen molar-refractivity contribution in [2.45, 2.75) is 37.9 Å². The number of nitrogens with zero attached hydrogens (tertiary/aromatic N) is 2. The average Bonchev–Trinajstić information content (AvgIpc) is 3.22. The van der Waals surface area contributed by atoms with Crippen molar-refractivity contribution >= 4 is 34.6 Å². The van der Waals surface area contributed by atoms with Crippen LogP contribution in [0.25, 0.3) is 0 Å². The maximum atomic E-state index is 13.7. The van der Waals surface area contributed by atoms with Crippen molar-refractivity contribution in [1.82, 2.24) is 0 Å². The molecule has 2 aliphatic heterocycles. The number of para-hydroxylation sites is 1. The number of methoxy groups -OCH3 is 1. The first kappa shape index (κ1) is 23.0. The average molecular weight is 494 g/mol. The van der Waals surface area contributed by atoms with Gasteiger partial charge in [0.25, 0.3) is 11.6 Å². The van der Waals surface area contributed by atoms with Crippen LogP contribution in [0, 0.1) is 10.1 Å². The quantitative estimate of drug-likeness (QED) is 0.284. The van der Waals surface area contributed by atoms with Crippen LogP contribution in [0.4, 0.5) is 17.1 Å². The van der Waals surface area contributed by atoms with Crippen LogP contribution in [-0.2, 0) is 18.9 Å². The summed E-state index contributed by atoms with van der Waals surface area (Å²) < 4.78 is 11.6. The van der Waals surface area contributed by atoms with E-state index in [1.54, 1.807) is 18.2 Å². The number of rotatable bonds is 6. The molecule has 3 aromatic carbocycles. The number of amides is 1. The molecule has 9 heteroatoms. The molecule has 2 aliphatic rings. The van der Waals surface area contributed by atoms with Gasteiger partial charge in [0, 0.05) is 35.8 Å². The van der Waals surface area contributed by atoms with Gasteiger partial charge >= 0.3 is 0 Å². The first-order chi connectivity index (χ1) is 16.9. The van der Waals surface area contributed by atoms with Crippen molar-refractivity contribution in [1.29, 1.82) is 0 Å². The molecule has 1 amide bonds. The lowest BCUT2D eigenvalue weighted by molar-refractivity contribution is -0.385. The van der Waals surface area contributed by atoms with Gasteiger partial charge in [0.15, 0.2) is 11.5 Å². The topological polar surface area (TPSA) is 93.9 Å². The molecule has 0 saturated carbocycles. The zero-order valence-electron chi connectivity index (χ0n) is 19.3. The van der Waals surface area contributed by atoms with Gasteiger partial charge in [-0.15, -0.1) is 11.6 Å². The molecule has 2 atom stereocenters. The van der Waals surface area contributed by atoms with Crippen LogP contribution in [0.1, 0.15) is 34.0 Å². The fourth-order valence-corrected chi connectivity index (χ4v) is 5.00. The van der Waals surface area contributed by atoms with E-state index in [2.05, 4.69) is 18.3 Å². The highest BCUT2D eigenvalue weighted by Crippen LogP contribution is 2.42. The molecular formula is C26H24ClN3O5. The first-order valence-electron chi connectivity index (χ1n) is 11.3. The molecule has 8 nitrogen and oxygen atoms in total. The largest absolute Gasteiger partial charge is 0.493 e. The molecule has 0 spiro atoms. The summed E-state index contributed by atoms with van der Waals surface area (Å²) in [6.45, 7) is 2.14. The van der Waals surface area contributed by atoms with Crippen LogP contribution >= 0.6 is 11.6 Å². The maximum Gasteiger partial charge on any atom is 0.270 e. The second-order valence-electron chi connectivity index (χ2n) is 8.74. The van der Waals surface area contributed by atoms with E-state index in [0.29, 0.717) is 33.9 Å². The molecule has 35 heavy (non-hydrogen) atoms. The van der Waals surface area contributed by atoms with E-state index in [-0.39, 0.29) is 36.2 Å². The number of nitro groups is 1. The Morgan fingerprint density at radius 3 is 2.66 bits per heavy atom. The molecule has 0 radical (unpaired) electrons. The van der Waals surface area contributed by atoms with Crippen molar-refractivity contribution in [3.8, 4) is 11.5 Å². The third kappa shape index (κ3) is 4.14. The molecule has 1 unspecified atom stereocenters. The van der Waals surface area contributed by atoms with Gasteiger partial charge < -0.3 is 19.7 Å². The smallest absolute Gasteiger partial charge is 0.270 e. The van der Waals surface area contributed by atoms with Crippen LogP contribution in [0.3, 0.4) is 0 Å². The van der Waals surface area contributed by atoms with Gasteiger partial charge in [-0.3, -0.25) is 14.9 Å². The highest BCUT2D eigenvalue weighted by molar-refractivity contribution is 6.17. The third-order valence-corrected chi connectivity index (χ3v) is 6.83. The number of halogens is 1. The number of carbonyl (C=O) groups excluding carboxylic acids is 1. The molecule has 0 bridgehead atoms. The van der Waals surface area contributed by atoms with Gasteiger partial charge in [-0.1, -0.05) is 24.3 Å². The molecule has 0 saturated heterocycles. The first-order valence-corrected chi connectivity index (χ1v) is 11.8. The van der Waals surface area contributed by atoms with E-state index >= 15 is 0 Å². The SMILES string of the molecule is COc1cc2c(cc1OCc1cc(CCl)cc([N+](=O)[O-])c1)NC(C)[C@@H]1Cc3ccccc3N1C2=O. The molecule has 1 N–H and O–H groups in total. The summed E-state index contributed by atoms with van der Waals surface area (Å²) in [5.74, 6) is 0.893. The van der Waals surface area contributed by atoms with Gasteiger partial charge in [0.1, 0.15) is 6.61 Å². The van der Waals surface area contributed by atoms with E-state index in [0.717, 1.165) is 17.7 Å². The van der Waals surface area contributed by atoms with E-state index in [4.69, 9.17) is 21.1 Å². The lowest BCUT2D eigenvalue weighted by Crippen LogP contribution is -2.44. The Morgan fingerprint density at radius 2 is 1.91 bits per heavy atom. The highest BCUT2D eigenvalue weighted by Gasteiger charge is 2.41. The Bertz CT molecular complexity index is 1330. The van der Waals surface area contributed by atoms with Crippen LogP contribution < -0.4 is 19.7 Å². The number of nitro benzene ring substituents is 1. The Labute approximate surface area is 207 Å². The number of alkyl halides is 1. The molecule has 5 rings (SSSR count). The minimum absolute atomic E-state index is 0.00287. The summed E-state index contributed by atoms with van der Waals surface area (Å²) >= 11 is 5.91. The fourth-order valence-electron chi connectivity index (χ4n) is 4.84. The predicted molar refractivity (Wildman–Crippen MR) is 134 cm³/mol. The van der Waals surface area contributed by atoms with Crippen LogP contribution in [0.15, 0.2) is 54.6 Å². The number of carbonyl (C=O) groups is 1. The number of nitrogens with one attached hydrogen (secondary N) is 1. The fraction of sp³-hybridized carbons (Fsp3) is 0.269. The van der Waals surface area contributed by atoms with Gasteiger partial charge in [0.05, 0.1) is 29.3 Å². The Kier molecular flexibility index (Phi) is 5.98. The number of non-ortho nitro benzene ring substituents is 1. The van der Waals surface area contributed by atoms with Crippen molar-refractivity contribution in [2.75, 3.05) is 17.3 Å². The standard InChI is InChI=1S/C26H24ClN3O5/c1-15-23-10-18-5-3-4-6-22(18)29(23)26(31)20-11-24(34-2)25(12-21(20)28-15)35-14-17-7-16(13-27)8-19(9-17)30(32)33/h3-9,11-12,15,23,28H,10,13-14H2,1-2H3/t15?,23-/m0/s1. The van der Waals surface area contributed by atoms with Gasteiger partial charge in [0.2, 0.25) is 0 Å². The minimum Gasteiger partial charge on any atom is -0.493 e. The zero-order valence-corrected chi connectivity index (χ0v) is 20.0. The van der Waals surface area contributed by atoms with Gasteiger partial charge in [-0.25, -0.2) is 0 Å². The number of hydrogen-bond donors (Lipinski definition) is 1. The number of ether oxygens (including phenoxy) is 2. The lowest BCUT2D eigenvalue weighted by atomic mass is 10.0. The van der Waals surface area contributed by atoms with Gasteiger partial charge in [-0.05, 0) is 42.2 Å². The number of hydrogen-bond acceptors (Lipinski definition) is 6. The molecule has 2 heterocycles. The summed E-state index contributed by atoms with van der Waals surface area (Å²) in [6.07, 6.45) is 0.778. The predicted octanol–water partition coefficient (Wildman–Crippen LogP) is 5.31. The van der Waals surface area contributed by atoms with E-state index in [1.165, 1.54) is 19.2 Å². The van der Waals surface area contributed by atoms with E-state index in [9.17, 15) is 14.9 Å². The summed E-state index contributed by atoms with van der Waals surface area (Å²) in [7, 11) is 1.51. The normalized spacial score (nSPS) is 18.1. The maximum absolute atomic E-state index is 13.7. The second-order valence-corrected chi connectivity index (χ2v) is 9.01. The summed E-state index contributed by atoms with van der Waals surface area (Å²) in [4.78, 5) is 26.4. The van der Waals surface area contributed by atoms with Crippen molar-refractivity contribution < 1.29 is 19.2 Å². The third-order valence-electron chi connectivity index (χ3n) is 6.52. The summed E-state index contributed by atoms with van der Waals surface area (Å²) in [6, 6.07) is 16.1. The molecule has 0 aromatic heterocycles. The van der Waals surface area contributed by atoms with Crippen molar-refractivity contribution in [3.63, 3.8) is 0 Å². The molecular weight excluding hydrogens is 470 g/mol. The van der Waals surface area contributed by atoms with Crippen molar-refractivity contribution in [3.05, 3.63) is 87.0 Å². The highest BCUT2D eigenvalue weighted by atomic mass is 35.5. The number of benzene rings is 3. The molecule has 0 fully saturated rings. The number of anilines is 2. The van der Waals surface area contributed by atoms with E-state index < -0.39 is 4.92 Å². The van der Waals surface area contributed by atoms with Crippen LogP contribution in [-0.4, -0.2) is 30.0 Å². The Morgan fingerprint density at radius 1 is 1.14 bits per heavy atom. The minimum atomic E-state index is -0.455. The monoisotopic (exact) mass is 493 g/mol. The second kappa shape index (κ2) is 9.11. The van der Waals surface area contributed by atoms with E-state index in [1.807, 2.05) is 23.1 Å². The van der Waals surface area contributed by atoms with Gasteiger partial charge in [-0.2, -0.15) is 0 Å². The lowest BCUT2D eigenvalue weighted by Gasteiger charge is -2.27. The Hall–Kier alpha value is -3.78. The molecule has 180 valence electrons. The van der Waals surface area contributed by atoms with Crippen LogP contribution in [0.5, 0.6) is 11.5 Å². The molecule has 3 aromatic rings. The summed E-state index contributed by atoms with van der Waals surface area (Å²) in [5.41, 5.74) is 4.45.